The minimum absolute atomic E-state index is 0.00931. The summed E-state index contributed by atoms with van der Waals surface area (Å²) >= 11 is 0. The molecule has 2 fully saturated rings. The molecule has 2 aliphatic rings. The number of methoxy groups -OCH3 is 1. The van der Waals surface area contributed by atoms with Crippen molar-refractivity contribution in [1.29, 1.82) is 5.26 Å². The number of ether oxygens (including phenoxy) is 1. The maximum atomic E-state index is 13.3. The number of nitrogens with one attached hydrogen (secondary N) is 1. The van der Waals surface area contributed by atoms with E-state index >= 15 is 0 Å². The van der Waals surface area contributed by atoms with Crippen LogP contribution in [0, 0.1) is 25.2 Å². The number of aliphatic hydroxyl groups is 1. The number of hydrogen-bond acceptors (Lipinski definition) is 5. The van der Waals surface area contributed by atoms with E-state index < -0.39 is 5.60 Å². The molecule has 7 heteroatoms. The molecule has 36 heavy (non-hydrogen) atoms. The van der Waals surface area contributed by atoms with Crippen molar-refractivity contribution in [3.8, 4) is 17.3 Å². The number of aryl methyl sites for hydroxylation is 2. The minimum Gasteiger partial charge on any atom is -0.382 e. The second kappa shape index (κ2) is 9.53. The Labute approximate surface area is 211 Å². The number of hydrogen-bond donors (Lipinski definition) is 2. The molecule has 0 unspecified atom stereocenters. The van der Waals surface area contributed by atoms with Gasteiger partial charge in [0.15, 0.2) is 0 Å². The van der Waals surface area contributed by atoms with E-state index in [2.05, 4.69) is 11.1 Å². The maximum Gasteiger partial charge on any atom is 0.253 e. The highest BCUT2D eigenvalue weighted by atomic mass is 16.5. The Morgan fingerprint density at radius 2 is 1.86 bits per heavy atom. The van der Waals surface area contributed by atoms with Crippen LogP contribution in [0.1, 0.15) is 70.2 Å². The van der Waals surface area contributed by atoms with Gasteiger partial charge in [-0.25, -0.2) is 4.98 Å². The predicted molar refractivity (Wildman–Crippen MR) is 136 cm³/mol. The normalized spacial score (nSPS) is 22.2. The summed E-state index contributed by atoms with van der Waals surface area (Å²) in [4.78, 5) is 23.2. The summed E-state index contributed by atoms with van der Waals surface area (Å²) in [5.41, 5.74) is 5.07. The first-order valence-electron chi connectivity index (χ1n) is 12.5. The van der Waals surface area contributed by atoms with Crippen LogP contribution in [0.5, 0.6) is 0 Å². The lowest BCUT2D eigenvalue weighted by Crippen LogP contribution is -2.48. The van der Waals surface area contributed by atoms with Crippen molar-refractivity contribution in [2.75, 3.05) is 20.2 Å². The highest BCUT2D eigenvalue weighted by molar-refractivity contribution is 5.96. The van der Waals surface area contributed by atoms with Crippen LogP contribution in [0.3, 0.4) is 0 Å². The van der Waals surface area contributed by atoms with Crippen molar-refractivity contribution in [3.05, 3.63) is 76.2 Å². The van der Waals surface area contributed by atoms with E-state index in [9.17, 15) is 9.90 Å². The first-order valence-corrected chi connectivity index (χ1v) is 12.5. The van der Waals surface area contributed by atoms with Gasteiger partial charge in [-0.05, 0) is 74.9 Å². The number of rotatable bonds is 5. The van der Waals surface area contributed by atoms with Gasteiger partial charge in [0.1, 0.15) is 11.4 Å². The van der Waals surface area contributed by atoms with E-state index in [4.69, 9.17) is 15.0 Å². The SMILES string of the molecule is COC1CCC(O)(c2nc(C)c(-c3cc(C(=O)N4CC(c5ccc(C#N)cc5)C4)ccc3C)[nH]2)CC1. The molecule has 1 saturated heterocycles. The molecule has 0 bridgehead atoms. The van der Waals surface area contributed by atoms with Crippen LogP contribution in [0.25, 0.3) is 11.3 Å². The van der Waals surface area contributed by atoms with Gasteiger partial charge in [0.2, 0.25) is 0 Å². The number of benzene rings is 2. The standard InChI is InChI=1S/C29H32N4O3/c1-18-4-7-22(27(34)33-16-23(17-33)21-8-5-20(15-30)6-9-21)14-25(18)26-19(2)31-28(32-26)29(35)12-10-24(36-3)11-13-29/h4-9,14,23-24,35H,10-13,16-17H2,1-3H3,(H,31,32). The molecular formula is C29H32N4O3. The second-order valence-corrected chi connectivity index (χ2v) is 10.2. The third-order valence-corrected chi connectivity index (χ3v) is 7.85. The number of imidazole rings is 1. The first kappa shape index (κ1) is 24.2. The summed E-state index contributed by atoms with van der Waals surface area (Å²) in [5.74, 6) is 0.890. The van der Waals surface area contributed by atoms with Crippen LogP contribution in [-0.4, -0.2) is 52.2 Å². The molecule has 3 aromatic rings. The molecule has 2 aromatic carbocycles. The van der Waals surface area contributed by atoms with Crippen LogP contribution in [0.4, 0.5) is 0 Å². The van der Waals surface area contributed by atoms with Crippen molar-refractivity contribution in [3.63, 3.8) is 0 Å². The van der Waals surface area contributed by atoms with E-state index in [0.717, 1.165) is 40.9 Å². The molecule has 1 saturated carbocycles. The van der Waals surface area contributed by atoms with Gasteiger partial charge in [0, 0.05) is 37.2 Å². The third kappa shape index (κ3) is 4.43. The number of nitriles is 1. The van der Waals surface area contributed by atoms with Crippen LogP contribution in [0.2, 0.25) is 0 Å². The fourth-order valence-electron chi connectivity index (χ4n) is 5.38. The van der Waals surface area contributed by atoms with Crippen molar-refractivity contribution >= 4 is 5.91 Å². The van der Waals surface area contributed by atoms with Gasteiger partial charge in [0.05, 0.1) is 29.1 Å². The molecule has 0 radical (unpaired) electrons. The van der Waals surface area contributed by atoms with Crippen LogP contribution in [-0.2, 0) is 10.3 Å². The number of H-pyrrole nitrogens is 1. The van der Waals surface area contributed by atoms with Crippen LogP contribution in [0.15, 0.2) is 42.5 Å². The van der Waals surface area contributed by atoms with Crippen LogP contribution >= 0.6 is 0 Å². The predicted octanol–water partition coefficient (Wildman–Crippen LogP) is 4.58. The van der Waals surface area contributed by atoms with Gasteiger partial charge in [0.25, 0.3) is 5.91 Å². The average Bonchev–Trinajstić information content (AvgIpc) is 3.26. The van der Waals surface area contributed by atoms with E-state index in [1.54, 1.807) is 7.11 Å². The van der Waals surface area contributed by atoms with Gasteiger partial charge in [-0.15, -0.1) is 0 Å². The molecule has 186 valence electrons. The van der Waals surface area contributed by atoms with Crippen molar-refractivity contribution in [2.45, 2.75) is 57.2 Å². The summed E-state index contributed by atoms with van der Waals surface area (Å²) in [5, 5.41) is 20.3. The summed E-state index contributed by atoms with van der Waals surface area (Å²) in [6.07, 6.45) is 2.98. The monoisotopic (exact) mass is 484 g/mol. The number of likely N-dealkylation sites (tertiary alicyclic amines) is 1. The average molecular weight is 485 g/mol. The molecule has 5 rings (SSSR count). The van der Waals surface area contributed by atoms with E-state index in [1.165, 1.54) is 0 Å². The van der Waals surface area contributed by atoms with Gasteiger partial charge in [-0.1, -0.05) is 18.2 Å². The molecule has 2 heterocycles. The Morgan fingerprint density at radius 1 is 1.17 bits per heavy atom. The molecule has 0 atom stereocenters. The summed E-state index contributed by atoms with van der Waals surface area (Å²) < 4.78 is 5.45. The highest BCUT2D eigenvalue weighted by Crippen LogP contribution is 2.38. The third-order valence-electron chi connectivity index (χ3n) is 7.85. The van der Waals surface area contributed by atoms with Gasteiger partial charge in [-0.3, -0.25) is 4.79 Å². The van der Waals surface area contributed by atoms with Gasteiger partial charge < -0.3 is 19.7 Å². The Balaban J connectivity index is 1.33. The Hall–Kier alpha value is -3.47. The second-order valence-electron chi connectivity index (χ2n) is 10.2. The molecule has 1 amide bonds. The van der Waals surface area contributed by atoms with Crippen LogP contribution < -0.4 is 0 Å². The summed E-state index contributed by atoms with van der Waals surface area (Å²) in [7, 11) is 1.72. The van der Waals surface area contributed by atoms with Crippen molar-refractivity contribution in [2.24, 2.45) is 0 Å². The first-order chi connectivity index (χ1) is 17.3. The lowest BCUT2D eigenvalue weighted by Gasteiger charge is -2.39. The van der Waals surface area contributed by atoms with E-state index in [1.807, 2.05) is 61.2 Å². The maximum absolute atomic E-state index is 13.3. The fourth-order valence-corrected chi connectivity index (χ4v) is 5.38. The zero-order valence-electron chi connectivity index (χ0n) is 21.0. The number of nitrogens with zero attached hydrogens (tertiary/aromatic N) is 3. The molecule has 1 aliphatic carbocycles. The van der Waals surface area contributed by atoms with Crippen molar-refractivity contribution in [1.82, 2.24) is 14.9 Å². The fraction of sp³-hybridized carbons (Fsp3) is 0.414. The number of aromatic nitrogens is 2. The largest absolute Gasteiger partial charge is 0.382 e. The Kier molecular flexibility index (Phi) is 6.42. The van der Waals surface area contributed by atoms with E-state index in [0.29, 0.717) is 42.9 Å². The number of amides is 1. The molecule has 0 spiro atoms. The molecule has 1 aromatic heterocycles. The lowest BCUT2D eigenvalue weighted by atomic mass is 9.83. The van der Waals surface area contributed by atoms with E-state index in [-0.39, 0.29) is 17.9 Å². The van der Waals surface area contributed by atoms with Gasteiger partial charge in [-0.2, -0.15) is 5.26 Å². The topological polar surface area (TPSA) is 102 Å². The number of carbonyl (C=O) groups excluding carboxylic acids is 1. The summed E-state index contributed by atoms with van der Waals surface area (Å²) in [6, 6.07) is 15.5. The minimum atomic E-state index is -0.989. The zero-order valence-corrected chi connectivity index (χ0v) is 21.0. The number of aromatic amines is 1. The zero-order chi connectivity index (χ0) is 25.4. The Morgan fingerprint density at radius 3 is 2.50 bits per heavy atom. The molecule has 2 N–H and O–H groups in total. The highest BCUT2D eigenvalue weighted by Gasteiger charge is 2.38. The molecular weight excluding hydrogens is 452 g/mol. The quantitative estimate of drug-likeness (QED) is 0.552. The van der Waals surface area contributed by atoms with Gasteiger partial charge >= 0.3 is 0 Å². The smallest absolute Gasteiger partial charge is 0.253 e. The number of carbonyl (C=O) groups is 1. The molecule has 7 nitrogen and oxygen atoms in total. The summed E-state index contributed by atoms with van der Waals surface area (Å²) in [6.45, 7) is 5.28. The Bertz CT molecular complexity index is 1310. The lowest BCUT2D eigenvalue weighted by molar-refractivity contribution is -0.0524. The molecule has 1 aliphatic heterocycles. The van der Waals surface area contributed by atoms with Crippen molar-refractivity contribution < 1.29 is 14.6 Å².